The van der Waals surface area contributed by atoms with Crippen LogP contribution in [0.3, 0.4) is 0 Å². The van der Waals surface area contributed by atoms with Crippen molar-refractivity contribution < 1.29 is 22.7 Å². The first-order valence-corrected chi connectivity index (χ1v) is 12.1. The van der Waals surface area contributed by atoms with E-state index in [-0.39, 0.29) is 19.2 Å². The maximum Gasteiger partial charge on any atom is 0.243 e. The molecule has 4 rings (SSSR count). The van der Waals surface area contributed by atoms with E-state index < -0.39 is 10.0 Å². The van der Waals surface area contributed by atoms with Gasteiger partial charge < -0.3 is 14.4 Å². The van der Waals surface area contributed by atoms with Gasteiger partial charge in [-0.2, -0.15) is 0 Å². The monoisotopic (exact) mass is 445 g/mol. The normalized spacial score (nSPS) is 16.4. The summed E-state index contributed by atoms with van der Waals surface area (Å²) in [5.41, 5.74) is 2.66. The Hall–Kier alpha value is -2.78. The van der Waals surface area contributed by atoms with Gasteiger partial charge in [0, 0.05) is 32.7 Å². The van der Waals surface area contributed by atoms with Crippen LogP contribution in [0.5, 0.6) is 11.5 Å². The molecule has 0 unspecified atom stereocenters. The number of carbonyl (C=O) groups is 1. The van der Waals surface area contributed by atoms with Crippen molar-refractivity contribution in [1.82, 2.24) is 9.80 Å². The van der Waals surface area contributed by atoms with E-state index in [9.17, 15) is 13.2 Å². The van der Waals surface area contributed by atoms with Crippen molar-refractivity contribution in [2.75, 3.05) is 50.1 Å². The van der Waals surface area contributed by atoms with Gasteiger partial charge in [-0.1, -0.05) is 23.8 Å². The van der Waals surface area contributed by atoms with Gasteiger partial charge in [-0.05, 0) is 36.8 Å². The number of benzene rings is 2. The molecule has 0 aliphatic carbocycles. The fraction of sp³-hybridized carbons (Fsp3) is 0.409. The Kier molecular flexibility index (Phi) is 6.06. The number of rotatable bonds is 6. The first kappa shape index (κ1) is 21.5. The molecule has 9 heteroatoms. The van der Waals surface area contributed by atoms with E-state index in [1.54, 1.807) is 17.0 Å². The van der Waals surface area contributed by atoms with E-state index in [0.717, 1.165) is 48.5 Å². The highest BCUT2D eigenvalue weighted by Gasteiger charge is 2.27. The van der Waals surface area contributed by atoms with Crippen LogP contribution < -0.4 is 13.8 Å². The Labute approximate surface area is 183 Å². The molecule has 0 atom stereocenters. The summed E-state index contributed by atoms with van der Waals surface area (Å²) in [6.45, 7) is 5.34. The number of sulfonamides is 1. The summed E-state index contributed by atoms with van der Waals surface area (Å²) in [5.74, 6) is 1.35. The SMILES string of the molecule is Cc1ccc(N(CC(=O)N2CCN(Cc3ccc4c(c3)OCO4)CC2)S(C)(=O)=O)cc1. The highest BCUT2D eigenvalue weighted by molar-refractivity contribution is 7.92. The number of nitrogens with zero attached hydrogens (tertiary/aromatic N) is 3. The minimum absolute atomic E-state index is 0.186. The zero-order valence-corrected chi connectivity index (χ0v) is 18.6. The van der Waals surface area contributed by atoms with Crippen molar-refractivity contribution in [2.45, 2.75) is 13.5 Å². The summed E-state index contributed by atoms with van der Waals surface area (Å²) >= 11 is 0. The molecule has 2 aliphatic heterocycles. The molecule has 0 N–H and O–H groups in total. The van der Waals surface area contributed by atoms with Gasteiger partial charge in [0.25, 0.3) is 0 Å². The number of ether oxygens (including phenoxy) is 2. The smallest absolute Gasteiger partial charge is 0.243 e. The Balaban J connectivity index is 1.34. The molecule has 2 aromatic carbocycles. The maximum atomic E-state index is 12.9. The quantitative estimate of drug-likeness (QED) is 0.675. The third kappa shape index (κ3) is 5.11. The lowest BCUT2D eigenvalue weighted by molar-refractivity contribution is -0.131. The molecule has 166 valence electrons. The third-order valence-corrected chi connectivity index (χ3v) is 6.71. The lowest BCUT2D eigenvalue weighted by Crippen LogP contribution is -2.51. The average molecular weight is 446 g/mol. The fourth-order valence-corrected chi connectivity index (χ4v) is 4.64. The topological polar surface area (TPSA) is 79.4 Å². The molecule has 1 amide bonds. The predicted molar refractivity (Wildman–Crippen MR) is 118 cm³/mol. The Bertz CT molecular complexity index is 1050. The molecular weight excluding hydrogens is 418 g/mol. The molecule has 0 radical (unpaired) electrons. The van der Waals surface area contributed by atoms with E-state index in [1.165, 1.54) is 4.31 Å². The molecular formula is C22H27N3O5S. The van der Waals surface area contributed by atoms with Crippen molar-refractivity contribution in [3.8, 4) is 11.5 Å². The number of anilines is 1. The highest BCUT2D eigenvalue weighted by Crippen LogP contribution is 2.32. The summed E-state index contributed by atoms with van der Waals surface area (Å²) in [5, 5.41) is 0. The Morgan fingerprint density at radius 1 is 1.00 bits per heavy atom. The second-order valence-electron chi connectivity index (χ2n) is 7.95. The summed E-state index contributed by atoms with van der Waals surface area (Å²) in [4.78, 5) is 16.9. The van der Waals surface area contributed by atoms with Gasteiger partial charge in [0.1, 0.15) is 6.54 Å². The van der Waals surface area contributed by atoms with Crippen LogP contribution in [0.2, 0.25) is 0 Å². The number of aryl methyl sites for hydroxylation is 1. The Morgan fingerprint density at radius 2 is 1.68 bits per heavy atom. The second-order valence-corrected chi connectivity index (χ2v) is 9.86. The van der Waals surface area contributed by atoms with Crippen molar-refractivity contribution in [2.24, 2.45) is 0 Å². The molecule has 0 saturated carbocycles. The standard InChI is InChI=1S/C22H27N3O5S/c1-17-3-6-19(7-4-17)25(31(2,27)28)15-22(26)24-11-9-23(10-12-24)14-18-5-8-20-21(13-18)30-16-29-20/h3-8,13H,9-12,14-16H2,1-2H3. The van der Waals surface area contributed by atoms with Crippen LogP contribution in [0.25, 0.3) is 0 Å². The van der Waals surface area contributed by atoms with Crippen LogP contribution in [0, 0.1) is 6.92 Å². The van der Waals surface area contributed by atoms with Gasteiger partial charge in [-0.15, -0.1) is 0 Å². The van der Waals surface area contributed by atoms with Gasteiger partial charge in [0.15, 0.2) is 11.5 Å². The molecule has 2 heterocycles. The Morgan fingerprint density at radius 3 is 2.35 bits per heavy atom. The number of hydrogen-bond acceptors (Lipinski definition) is 6. The number of piperazine rings is 1. The van der Waals surface area contributed by atoms with E-state index in [0.29, 0.717) is 18.8 Å². The van der Waals surface area contributed by atoms with Crippen molar-refractivity contribution in [3.63, 3.8) is 0 Å². The number of hydrogen-bond donors (Lipinski definition) is 0. The molecule has 2 aliphatic rings. The first-order chi connectivity index (χ1) is 14.8. The van der Waals surface area contributed by atoms with E-state index in [4.69, 9.17) is 9.47 Å². The van der Waals surface area contributed by atoms with Crippen molar-refractivity contribution >= 4 is 21.6 Å². The zero-order valence-electron chi connectivity index (χ0n) is 17.8. The molecule has 1 saturated heterocycles. The molecule has 31 heavy (non-hydrogen) atoms. The van der Waals surface area contributed by atoms with Crippen LogP contribution in [0.1, 0.15) is 11.1 Å². The maximum absolute atomic E-state index is 12.9. The largest absolute Gasteiger partial charge is 0.454 e. The molecule has 0 aromatic heterocycles. The van der Waals surface area contributed by atoms with E-state index >= 15 is 0 Å². The van der Waals surface area contributed by atoms with Gasteiger partial charge in [0.2, 0.25) is 22.7 Å². The summed E-state index contributed by atoms with van der Waals surface area (Å²) in [6.07, 6.45) is 1.13. The van der Waals surface area contributed by atoms with Crippen LogP contribution in [0.4, 0.5) is 5.69 Å². The molecule has 8 nitrogen and oxygen atoms in total. The van der Waals surface area contributed by atoms with E-state index in [2.05, 4.69) is 4.90 Å². The second kappa shape index (κ2) is 8.76. The minimum Gasteiger partial charge on any atom is -0.454 e. The third-order valence-electron chi connectivity index (χ3n) is 5.57. The van der Waals surface area contributed by atoms with Crippen molar-refractivity contribution in [1.29, 1.82) is 0 Å². The average Bonchev–Trinajstić information content (AvgIpc) is 3.20. The zero-order chi connectivity index (χ0) is 22.0. The van der Waals surface area contributed by atoms with Gasteiger partial charge in [-0.25, -0.2) is 8.42 Å². The predicted octanol–water partition coefficient (Wildman–Crippen LogP) is 1.83. The van der Waals surface area contributed by atoms with Crippen LogP contribution in [-0.2, 0) is 21.4 Å². The van der Waals surface area contributed by atoms with Gasteiger partial charge in [-0.3, -0.25) is 14.0 Å². The van der Waals surface area contributed by atoms with Gasteiger partial charge >= 0.3 is 0 Å². The number of carbonyl (C=O) groups excluding carboxylic acids is 1. The molecule has 1 fully saturated rings. The molecule has 2 aromatic rings. The van der Waals surface area contributed by atoms with Crippen LogP contribution in [-0.4, -0.2) is 69.9 Å². The fourth-order valence-electron chi connectivity index (χ4n) is 3.79. The summed E-state index contributed by atoms with van der Waals surface area (Å²) < 4.78 is 36.6. The van der Waals surface area contributed by atoms with Crippen LogP contribution >= 0.6 is 0 Å². The molecule has 0 spiro atoms. The summed E-state index contributed by atoms with van der Waals surface area (Å²) in [6, 6.07) is 13.1. The molecule has 0 bridgehead atoms. The highest BCUT2D eigenvalue weighted by atomic mass is 32.2. The van der Waals surface area contributed by atoms with E-state index in [1.807, 2.05) is 37.3 Å². The lowest BCUT2D eigenvalue weighted by atomic mass is 10.1. The minimum atomic E-state index is -3.57. The first-order valence-electron chi connectivity index (χ1n) is 10.2. The van der Waals surface area contributed by atoms with Gasteiger partial charge in [0.05, 0.1) is 11.9 Å². The number of fused-ring (bicyclic) bond motifs is 1. The number of amides is 1. The lowest BCUT2D eigenvalue weighted by Gasteiger charge is -2.35. The summed E-state index contributed by atoms with van der Waals surface area (Å²) in [7, 11) is -3.57. The van der Waals surface area contributed by atoms with Crippen molar-refractivity contribution in [3.05, 3.63) is 53.6 Å². The van der Waals surface area contributed by atoms with Crippen LogP contribution in [0.15, 0.2) is 42.5 Å².